The first-order valence-corrected chi connectivity index (χ1v) is 4.60. The number of amides is 1. The highest BCUT2D eigenvalue weighted by Gasteiger charge is 2.25. The van der Waals surface area contributed by atoms with Gasteiger partial charge >= 0.3 is 0 Å². The fourth-order valence-corrected chi connectivity index (χ4v) is 1.47. The third-order valence-electron chi connectivity index (χ3n) is 2.46. The molecule has 0 spiro atoms. The first-order chi connectivity index (χ1) is 6.19. The van der Waals surface area contributed by atoms with Crippen LogP contribution in [0.25, 0.3) is 0 Å². The van der Waals surface area contributed by atoms with E-state index < -0.39 is 0 Å². The summed E-state index contributed by atoms with van der Waals surface area (Å²) in [6.07, 6.45) is 0. The minimum Gasteiger partial charge on any atom is -0.341 e. The Kier molecular flexibility index (Phi) is 3.26. The highest BCUT2D eigenvalue weighted by atomic mass is 16.2. The minimum absolute atomic E-state index is 0.135. The van der Waals surface area contributed by atoms with Crippen molar-refractivity contribution in [1.82, 2.24) is 9.80 Å². The van der Waals surface area contributed by atoms with Gasteiger partial charge in [0.2, 0.25) is 5.91 Å². The molecule has 1 heterocycles. The van der Waals surface area contributed by atoms with Gasteiger partial charge < -0.3 is 4.90 Å². The van der Waals surface area contributed by atoms with E-state index in [1.165, 1.54) is 0 Å². The Morgan fingerprint density at radius 2 is 2.31 bits per heavy atom. The van der Waals surface area contributed by atoms with Crippen molar-refractivity contribution in [1.29, 1.82) is 5.26 Å². The van der Waals surface area contributed by atoms with Crippen LogP contribution in [-0.4, -0.2) is 47.9 Å². The molecule has 1 fully saturated rings. The molecule has 1 rings (SSSR count). The number of hydrogen-bond donors (Lipinski definition) is 0. The van der Waals surface area contributed by atoms with Crippen molar-refractivity contribution in [2.24, 2.45) is 0 Å². The maximum Gasteiger partial charge on any atom is 0.236 e. The highest BCUT2D eigenvalue weighted by Crippen LogP contribution is 2.06. The summed E-state index contributed by atoms with van der Waals surface area (Å²) in [5.74, 6) is 0.135. The molecule has 0 radical (unpaired) electrons. The molecule has 1 amide bonds. The molecule has 0 aromatic carbocycles. The number of nitriles is 1. The lowest BCUT2D eigenvalue weighted by Crippen LogP contribution is -2.52. The van der Waals surface area contributed by atoms with Crippen LogP contribution >= 0.6 is 0 Å². The van der Waals surface area contributed by atoms with Gasteiger partial charge in [-0.15, -0.1) is 0 Å². The van der Waals surface area contributed by atoms with Gasteiger partial charge in [0.05, 0.1) is 18.7 Å². The molecular weight excluding hydrogens is 166 g/mol. The summed E-state index contributed by atoms with van der Waals surface area (Å²) < 4.78 is 0. The lowest BCUT2D eigenvalue weighted by atomic mass is 10.2. The van der Waals surface area contributed by atoms with Crippen molar-refractivity contribution >= 4 is 5.91 Å². The molecule has 72 valence electrons. The van der Waals surface area contributed by atoms with E-state index >= 15 is 0 Å². The largest absolute Gasteiger partial charge is 0.341 e. The van der Waals surface area contributed by atoms with Gasteiger partial charge in [-0.2, -0.15) is 5.26 Å². The summed E-state index contributed by atoms with van der Waals surface area (Å²) in [6, 6.07) is 1.99. The fraction of sp³-hybridized carbons (Fsp3) is 0.778. The van der Waals surface area contributed by atoms with Crippen LogP contribution in [0.15, 0.2) is 0 Å². The van der Waals surface area contributed by atoms with Crippen LogP contribution in [0, 0.1) is 11.3 Å². The number of piperazine rings is 1. The van der Waals surface area contributed by atoms with E-state index in [-0.39, 0.29) is 11.9 Å². The van der Waals surface area contributed by atoms with Crippen molar-refractivity contribution < 1.29 is 4.79 Å². The van der Waals surface area contributed by atoms with Gasteiger partial charge in [0, 0.05) is 19.6 Å². The van der Waals surface area contributed by atoms with Gasteiger partial charge in [-0.05, 0) is 13.8 Å². The highest BCUT2D eigenvalue weighted by molar-refractivity contribution is 5.79. The first kappa shape index (κ1) is 10.0. The number of carbonyl (C=O) groups excluding carboxylic acids is 1. The van der Waals surface area contributed by atoms with Gasteiger partial charge in [0.15, 0.2) is 0 Å². The third-order valence-corrected chi connectivity index (χ3v) is 2.46. The van der Waals surface area contributed by atoms with Crippen molar-refractivity contribution in [3.63, 3.8) is 0 Å². The van der Waals surface area contributed by atoms with E-state index in [0.717, 1.165) is 19.6 Å². The minimum atomic E-state index is -0.150. The zero-order chi connectivity index (χ0) is 9.84. The van der Waals surface area contributed by atoms with Crippen molar-refractivity contribution in [3.05, 3.63) is 0 Å². The molecule has 0 saturated carbocycles. The van der Waals surface area contributed by atoms with E-state index in [1.54, 1.807) is 0 Å². The third kappa shape index (κ3) is 2.19. The Morgan fingerprint density at radius 3 is 2.77 bits per heavy atom. The van der Waals surface area contributed by atoms with Crippen molar-refractivity contribution in [2.75, 3.05) is 26.2 Å². The average molecular weight is 181 g/mol. The molecular formula is C9H15N3O. The molecule has 4 heteroatoms. The second-order valence-corrected chi connectivity index (χ2v) is 3.25. The van der Waals surface area contributed by atoms with E-state index in [1.807, 2.05) is 23.6 Å². The average Bonchev–Trinajstić information content (AvgIpc) is 2.16. The molecule has 1 atom stereocenters. The van der Waals surface area contributed by atoms with Crippen molar-refractivity contribution in [2.45, 2.75) is 19.9 Å². The monoisotopic (exact) mass is 181 g/mol. The molecule has 0 aromatic heterocycles. The van der Waals surface area contributed by atoms with Gasteiger partial charge in [0.25, 0.3) is 0 Å². The molecule has 1 aliphatic rings. The zero-order valence-electron chi connectivity index (χ0n) is 8.16. The van der Waals surface area contributed by atoms with Crippen LogP contribution in [0.3, 0.4) is 0 Å². The number of carbonyl (C=O) groups is 1. The Labute approximate surface area is 78.7 Å². The number of likely N-dealkylation sites (N-methyl/N-ethyl adjacent to an activating group) is 1. The van der Waals surface area contributed by atoms with Gasteiger partial charge in [0.1, 0.15) is 0 Å². The summed E-state index contributed by atoms with van der Waals surface area (Å²) >= 11 is 0. The Morgan fingerprint density at radius 1 is 1.62 bits per heavy atom. The lowest BCUT2D eigenvalue weighted by Gasteiger charge is -2.34. The predicted molar refractivity (Wildman–Crippen MR) is 48.9 cm³/mol. The molecule has 0 aromatic rings. The van der Waals surface area contributed by atoms with Crippen LogP contribution in [-0.2, 0) is 4.79 Å². The van der Waals surface area contributed by atoms with Gasteiger partial charge in [-0.1, -0.05) is 0 Å². The lowest BCUT2D eigenvalue weighted by molar-refractivity contribution is -0.136. The second kappa shape index (κ2) is 4.24. The smallest absolute Gasteiger partial charge is 0.236 e. The van der Waals surface area contributed by atoms with E-state index in [0.29, 0.717) is 6.54 Å². The van der Waals surface area contributed by atoms with E-state index in [2.05, 4.69) is 6.07 Å². The van der Waals surface area contributed by atoms with E-state index in [9.17, 15) is 4.79 Å². The number of nitrogens with zero attached hydrogens (tertiary/aromatic N) is 3. The molecule has 0 aliphatic carbocycles. The van der Waals surface area contributed by atoms with Crippen LogP contribution in [0.1, 0.15) is 13.8 Å². The number of rotatable bonds is 2. The summed E-state index contributed by atoms with van der Waals surface area (Å²) in [7, 11) is 0. The standard InChI is InChI=1S/C9H15N3O/c1-3-11-4-5-12(7-9(11)13)8(2)6-10/h8H,3-5,7H2,1-2H3. The Hall–Kier alpha value is -1.08. The fourth-order valence-electron chi connectivity index (χ4n) is 1.47. The first-order valence-electron chi connectivity index (χ1n) is 4.60. The van der Waals surface area contributed by atoms with Crippen LogP contribution in [0.4, 0.5) is 0 Å². The second-order valence-electron chi connectivity index (χ2n) is 3.25. The topological polar surface area (TPSA) is 47.3 Å². The molecule has 13 heavy (non-hydrogen) atoms. The predicted octanol–water partition coefficient (Wildman–Crippen LogP) is 0.0626. The molecule has 0 bridgehead atoms. The van der Waals surface area contributed by atoms with E-state index in [4.69, 9.17) is 5.26 Å². The maximum absolute atomic E-state index is 11.4. The molecule has 1 saturated heterocycles. The summed E-state index contributed by atoms with van der Waals surface area (Å²) in [5.41, 5.74) is 0. The van der Waals surface area contributed by atoms with Crippen LogP contribution in [0.5, 0.6) is 0 Å². The quantitative estimate of drug-likeness (QED) is 0.605. The summed E-state index contributed by atoms with van der Waals surface area (Å²) in [5, 5.41) is 8.68. The Balaban J connectivity index is 2.51. The summed E-state index contributed by atoms with van der Waals surface area (Å²) in [6.45, 7) is 6.53. The SMILES string of the molecule is CCN1CCN(C(C)C#N)CC1=O. The maximum atomic E-state index is 11.4. The normalized spacial score (nSPS) is 21.3. The zero-order valence-corrected chi connectivity index (χ0v) is 8.16. The number of hydrogen-bond acceptors (Lipinski definition) is 3. The van der Waals surface area contributed by atoms with Crippen LogP contribution < -0.4 is 0 Å². The van der Waals surface area contributed by atoms with Crippen molar-refractivity contribution in [3.8, 4) is 6.07 Å². The molecule has 1 unspecified atom stereocenters. The molecule has 0 N–H and O–H groups in total. The van der Waals surface area contributed by atoms with Gasteiger partial charge in [-0.25, -0.2) is 0 Å². The van der Waals surface area contributed by atoms with Crippen LogP contribution in [0.2, 0.25) is 0 Å². The molecule has 4 nitrogen and oxygen atoms in total. The summed E-state index contributed by atoms with van der Waals surface area (Å²) in [4.78, 5) is 15.2. The van der Waals surface area contributed by atoms with Gasteiger partial charge in [-0.3, -0.25) is 9.69 Å². The Bertz CT molecular complexity index is 234. The molecule has 1 aliphatic heterocycles.